The van der Waals surface area contributed by atoms with Gasteiger partial charge in [-0.15, -0.1) is 10.2 Å². The molecule has 0 spiro atoms. The number of aromatic nitrogens is 1. The summed E-state index contributed by atoms with van der Waals surface area (Å²) in [5, 5.41) is 10.8. The molecular formula is C20H28N8O3. The van der Waals surface area contributed by atoms with Gasteiger partial charge in [-0.2, -0.15) is 0 Å². The van der Waals surface area contributed by atoms with Crippen molar-refractivity contribution in [2.45, 2.75) is 31.7 Å². The minimum atomic E-state index is -0.660. The van der Waals surface area contributed by atoms with Gasteiger partial charge in [-0.25, -0.2) is 4.98 Å². The van der Waals surface area contributed by atoms with E-state index in [-0.39, 0.29) is 41.9 Å². The second-order valence-electron chi connectivity index (χ2n) is 6.66. The van der Waals surface area contributed by atoms with Gasteiger partial charge in [-0.3, -0.25) is 9.59 Å². The smallest absolute Gasteiger partial charge is 0.312 e. The molecule has 0 aliphatic carbocycles. The minimum Gasteiger partial charge on any atom is -0.424 e. The average molecular weight is 428 g/mol. The van der Waals surface area contributed by atoms with Crippen molar-refractivity contribution >= 4 is 34.9 Å². The fourth-order valence-corrected chi connectivity index (χ4v) is 2.51. The number of para-hydroxylation sites is 1. The Bertz CT molecular complexity index is 919. The molecule has 1 amide bonds. The molecule has 0 aliphatic heterocycles. The minimum absolute atomic E-state index is 0.0656. The molecule has 0 aliphatic rings. The Morgan fingerprint density at radius 2 is 1.77 bits per heavy atom. The van der Waals surface area contributed by atoms with Crippen LogP contribution >= 0.6 is 0 Å². The molecule has 31 heavy (non-hydrogen) atoms. The molecule has 0 unspecified atom stereocenters. The Hall–Kier alpha value is -3.41. The first-order valence-electron chi connectivity index (χ1n) is 9.89. The molecule has 1 atom stereocenters. The van der Waals surface area contributed by atoms with Crippen LogP contribution in [0.3, 0.4) is 0 Å². The maximum Gasteiger partial charge on any atom is 0.312 e. The Labute approximate surface area is 180 Å². The van der Waals surface area contributed by atoms with Gasteiger partial charge in [0, 0.05) is 6.54 Å². The normalized spacial score (nSPS) is 12.0. The zero-order chi connectivity index (χ0) is 22.6. The number of ether oxygens (including phenoxy) is 1. The lowest BCUT2D eigenvalue weighted by Gasteiger charge is -2.12. The number of hydrogen-bond acceptors (Lipinski definition) is 10. The van der Waals surface area contributed by atoms with Crippen LogP contribution in [-0.4, -0.2) is 36.0 Å². The molecule has 0 fully saturated rings. The van der Waals surface area contributed by atoms with Crippen molar-refractivity contribution in [2.24, 2.45) is 27.4 Å². The summed E-state index contributed by atoms with van der Waals surface area (Å²) in [7, 11) is 0. The van der Waals surface area contributed by atoms with Crippen LogP contribution in [0.5, 0.6) is 5.75 Å². The van der Waals surface area contributed by atoms with Crippen LogP contribution in [0.4, 0.5) is 23.0 Å². The van der Waals surface area contributed by atoms with E-state index in [9.17, 15) is 9.59 Å². The maximum absolute atomic E-state index is 12.1. The maximum atomic E-state index is 12.1. The van der Waals surface area contributed by atoms with Crippen molar-refractivity contribution in [3.63, 3.8) is 0 Å². The molecule has 9 N–H and O–H groups in total. The quantitative estimate of drug-likeness (QED) is 0.154. The third kappa shape index (κ3) is 7.74. The van der Waals surface area contributed by atoms with Crippen LogP contribution in [0.2, 0.25) is 0 Å². The molecule has 1 heterocycles. The Morgan fingerprint density at radius 3 is 2.48 bits per heavy atom. The summed E-state index contributed by atoms with van der Waals surface area (Å²) in [5.74, 6) is -0.245. The summed E-state index contributed by atoms with van der Waals surface area (Å²) in [6.07, 6.45) is 2.19. The molecule has 11 heteroatoms. The zero-order valence-corrected chi connectivity index (χ0v) is 17.2. The molecule has 166 valence electrons. The van der Waals surface area contributed by atoms with E-state index in [1.165, 1.54) is 0 Å². The highest BCUT2D eigenvalue weighted by Crippen LogP contribution is 2.30. The fraction of sp³-hybridized carbons (Fsp3) is 0.350. The van der Waals surface area contributed by atoms with E-state index in [2.05, 4.69) is 20.5 Å². The van der Waals surface area contributed by atoms with Crippen LogP contribution in [0, 0.1) is 0 Å². The highest BCUT2D eigenvalue weighted by Gasteiger charge is 2.14. The number of esters is 1. The number of azo groups is 1. The number of amides is 1. The standard InChI is InChI=1S/C20H28N8O3/c21-11-4-3-5-13(23)20(30)26-17-9-8-15(19(24)25-17)28-27-14-6-1-2-7-16(14)31-18(29)10-12-22/h1-2,6-9,13H,3-5,10-12,21-23H2,(H3,24,25,26,30)/t13-/m0/s1. The summed E-state index contributed by atoms with van der Waals surface area (Å²) in [6.45, 7) is 0.745. The van der Waals surface area contributed by atoms with E-state index in [0.717, 1.165) is 12.8 Å². The van der Waals surface area contributed by atoms with Gasteiger partial charge in [0.05, 0.1) is 12.5 Å². The van der Waals surface area contributed by atoms with Gasteiger partial charge in [0.15, 0.2) is 11.6 Å². The summed E-state index contributed by atoms with van der Waals surface area (Å²) in [5.41, 5.74) is 23.2. The van der Waals surface area contributed by atoms with Crippen LogP contribution in [0.1, 0.15) is 25.7 Å². The molecule has 1 aromatic carbocycles. The highest BCUT2D eigenvalue weighted by atomic mass is 16.5. The van der Waals surface area contributed by atoms with Crippen molar-refractivity contribution in [1.82, 2.24) is 4.98 Å². The Kier molecular flexibility index (Phi) is 9.49. The van der Waals surface area contributed by atoms with Crippen molar-refractivity contribution in [1.29, 1.82) is 0 Å². The number of nitrogen functional groups attached to an aromatic ring is 1. The van der Waals surface area contributed by atoms with E-state index in [4.69, 9.17) is 27.7 Å². The largest absolute Gasteiger partial charge is 0.424 e. The number of unbranched alkanes of at least 4 members (excludes halogenated alkanes) is 1. The SMILES string of the molecule is NCCCC[C@H](N)C(=O)Nc1ccc(N=Nc2ccccc2OC(=O)CCN)c(N)n1. The number of carbonyl (C=O) groups is 2. The zero-order valence-electron chi connectivity index (χ0n) is 17.2. The van der Waals surface area contributed by atoms with E-state index in [0.29, 0.717) is 18.7 Å². The number of hydrogen-bond donors (Lipinski definition) is 5. The van der Waals surface area contributed by atoms with E-state index in [1.54, 1.807) is 36.4 Å². The van der Waals surface area contributed by atoms with Crippen molar-refractivity contribution < 1.29 is 14.3 Å². The second kappa shape index (κ2) is 12.3. The molecule has 0 saturated carbocycles. The van der Waals surface area contributed by atoms with Gasteiger partial charge in [0.2, 0.25) is 5.91 Å². The lowest BCUT2D eigenvalue weighted by atomic mass is 10.1. The van der Waals surface area contributed by atoms with Gasteiger partial charge in [-0.05, 0) is 43.7 Å². The third-order valence-corrected chi connectivity index (χ3v) is 4.16. The number of carbonyl (C=O) groups excluding carboxylic acids is 2. The van der Waals surface area contributed by atoms with E-state index >= 15 is 0 Å². The molecule has 2 aromatic rings. The number of nitrogens with zero attached hydrogens (tertiary/aromatic N) is 3. The second-order valence-corrected chi connectivity index (χ2v) is 6.66. The topological polar surface area (TPSA) is 197 Å². The van der Waals surface area contributed by atoms with Gasteiger partial charge >= 0.3 is 5.97 Å². The van der Waals surface area contributed by atoms with E-state index < -0.39 is 12.0 Å². The average Bonchev–Trinajstić information content (AvgIpc) is 2.74. The van der Waals surface area contributed by atoms with Crippen molar-refractivity contribution in [3.8, 4) is 5.75 Å². The lowest BCUT2D eigenvalue weighted by molar-refractivity contribution is -0.134. The van der Waals surface area contributed by atoms with Crippen molar-refractivity contribution in [2.75, 3.05) is 24.1 Å². The predicted molar refractivity (Wildman–Crippen MR) is 118 cm³/mol. The third-order valence-electron chi connectivity index (χ3n) is 4.16. The summed E-state index contributed by atoms with van der Waals surface area (Å²) >= 11 is 0. The first kappa shape index (κ1) is 23.9. The van der Waals surface area contributed by atoms with Crippen LogP contribution in [0.15, 0.2) is 46.6 Å². The van der Waals surface area contributed by atoms with Gasteiger partial charge in [-0.1, -0.05) is 18.6 Å². The van der Waals surface area contributed by atoms with Crippen LogP contribution < -0.4 is 33.0 Å². The lowest BCUT2D eigenvalue weighted by Crippen LogP contribution is -2.35. The van der Waals surface area contributed by atoms with Crippen LogP contribution in [-0.2, 0) is 9.59 Å². The molecule has 0 radical (unpaired) electrons. The van der Waals surface area contributed by atoms with E-state index in [1.807, 2.05) is 0 Å². The number of rotatable bonds is 11. The summed E-state index contributed by atoms with van der Waals surface area (Å²) in [4.78, 5) is 27.9. The number of benzene rings is 1. The molecule has 0 bridgehead atoms. The number of nitrogens with one attached hydrogen (secondary N) is 1. The summed E-state index contributed by atoms with van der Waals surface area (Å²) < 4.78 is 5.24. The Morgan fingerprint density at radius 1 is 1.03 bits per heavy atom. The van der Waals surface area contributed by atoms with Crippen molar-refractivity contribution in [3.05, 3.63) is 36.4 Å². The van der Waals surface area contributed by atoms with Gasteiger partial charge in [0.1, 0.15) is 17.2 Å². The monoisotopic (exact) mass is 428 g/mol. The first-order valence-corrected chi connectivity index (χ1v) is 9.89. The number of pyridine rings is 1. The Balaban J connectivity index is 2.05. The highest BCUT2D eigenvalue weighted by molar-refractivity contribution is 5.94. The number of nitrogens with two attached hydrogens (primary N) is 4. The van der Waals surface area contributed by atoms with Gasteiger partial charge in [0.25, 0.3) is 0 Å². The summed E-state index contributed by atoms with van der Waals surface area (Å²) in [6, 6.07) is 9.11. The molecule has 2 rings (SSSR count). The molecular weight excluding hydrogens is 400 g/mol. The fourth-order valence-electron chi connectivity index (χ4n) is 2.51. The van der Waals surface area contributed by atoms with Crippen LogP contribution in [0.25, 0.3) is 0 Å². The predicted octanol–water partition coefficient (Wildman–Crippen LogP) is 1.73. The van der Waals surface area contributed by atoms with Gasteiger partial charge < -0.3 is 33.0 Å². The first-order chi connectivity index (χ1) is 14.9. The molecule has 0 saturated heterocycles. The molecule has 11 nitrogen and oxygen atoms in total. The molecule has 1 aromatic heterocycles. The number of anilines is 2.